The molecule has 4 N–H and O–H groups in total. The van der Waals surface area contributed by atoms with Gasteiger partial charge in [0.15, 0.2) is 0 Å². The number of hydrogen-bond donors (Lipinski definition) is 3. The van der Waals surface area contributed by atoms with Gasteiger partial charge in [0.25, 0.3) is 0 Å². The molecule has 1 fully saturated rings. The van der Waals surface area contributed by atoms with Crippen molar-refractivity contribution in [1.29, 1.82) is 0 Å². The molecule has 1 rings (SSSR count). The van der Waals surface area contributed by atoms with Gasteiger partial charge in [-0.1, -0.05) is 13.8 Å². The Morgan fingerprint density at radius 1 is 1.47 bits per heavy atom. The van der Waals surface area contributed by atoms with Gasteiger partial charge in [-0.2, -0.15) is 0 Å². The second-order valence-corrected chi connectivity index (χ2v) is 5.24. The average molecular weight is 241 g/mol. The Morgan fingerprint density at radius 2 is 2.18 bits per heavy atom. The van der Waals surface area contributed by atoms with Gasteiger partial charge in [-0.05, 0) is 44.7 Å². The first kappa shape index (κ1) is 14.5. The Balaban J connectivity index is 2.16. The minimum atomic E-state index is -0.232. The molecular formula is C13H27N3O. The quantitative estimate of drug-likeness (QED) is 0.623. The summed E-state index contributed by atoms with van der Waals surface area (Å²) in [6.07, 6.45) is 4.63. The van der Waals surface area contributed by atoms with Gasteiger partial charge in [-0.25, -0.2) is 0 Å². The summed E-state index contributed by atoms with van der Waals surface area (Å²) in [7, 11) is 0. The molecule has 1 aliphatic heterocycles. The third-order valence-electron chi connectivity index (χ3n) is 3.99. The lowest BCUT2D eigenvalue weighted by molar-refractivity contribution is -0.121. The number of hydrogen-bond acceptors (Lipinski definition) is 3. The van der Waals surface area contributed by atoms with Gasteiger partial charge in [-0.15, -0.1) is 0 Å². The monoisotopic (exact) mass is 241 g/mol. The molecule has 4 heteroatoms. The van der Waals surface area contributed by atoms with Gasteiger partial charge in [-0.3, -0.25) is 4.79 Å². The molecule has 1 amide bonds. The highest BCUT2D eigenvalue weighted by molar-refractivity contribution is 5.75. The standard InChI is InChI=1S/C13H27N3O/c1-3-13(14,4-2)10-16-12(17)6-5-11-7-8-15-9-11/h11,15H,3-10,14H2,1-2H3,(H,16,17). The first-order chi connectivity index (χ1) is 8.09. The molecule has 0 aromatic carbocycles. The van der Waals surface area contributed by atoms with Gasteiger partial charge < -0.3 is 16.4 Å². The zero-order valence-electron chi connectivity index (χ0n) is 11.2. The fourth-order valence-electron chi connectivity index (χ4n) is 2.16. The molecule has 4 nitrogen and oxygen atoms in total. The van der Waals surface area contributed by atoms with Crippen molar-refractivity contribution in [2.45, 2.75) is 51.5 Å². The Bertz CT molecular complexity index is 233. The number of nitrogens with one attached hydrogen (secondary N) is 2. The largest absolute Gasteiger partial charge is 0.354 e. The third-order valence-corrected chi connectivity index (χ3v) is 3.99. The molecule has 0 radical (unpaired) electrons. The molecule has 0 bridgehead atoms. The summed E-state index contributed by atoms with van der Waals surface area (Å²) in [4.78, 5) is 11.7. The molecule has 100 valence electrons. The van der Waals surface area contributed by atoms with E-state index in [0.717, 1.165) is 32.4 Å². The molecule has 1 atom stereocenters. The van der Waals surface area contributed by atoms with E-state index in [4.69, 9.17) is 5.73 Å². The summed E-state index contributed by atoms with van der Waals surface area (Å²) in [6.45, 7) is 6.91. The molecule has 0 spiro atoms. The van der Waals surface area contributed by atoms with E-state index < -0.39 is 0 Å². The summed E-state index contributed by atoms with van der Waals surface area (Å²) in [5.41, 5.74) is 5.91. The van der Waals surface area contributed by atoms with Crippen LogP contribution in [-0.4, -0.2) is 31.1 Å². The first-order valence-electron chi connectivity index (χ1n) is 6.86. The maximum atomic E-state index is 11.7. The summed E-state index contributed by atoms with van der Waals surface area (Å²) in [6, 6.07) is 0. The van der Waals surface area contributed by atoms with Gasteiger partial charge in [0.1, 0.15) is 0 Å². The molecule has 17 heavy (non-hydrogen) atoms. The van der Waals surface area contributed by atoms with Crippen LogP contribution in [0.25, 0.3) is 0 Å². The maximum Gasteiger partial charge on any atom is 0.220 e. The molecule has 0 saturated carbocycles. The van der Waals surface area contributed by atoms with Gasteiger partial charge in [0.2, 0.25) is 5.91 Å². The van der Waals surface area contributed by atoms with Gasteiger partial charge in [0.05, 0.1) is 0 Å². The summed E-state index contributed by atoms with van der Waals surface area (Å²) < 4.78 is 0. The van der Waals surface area contributed by atoms with Crippen LogP contribution in [0.4, 0.5) is 0 Å². The van der Waals surface area contributed by atoms with Crippen molar-refractivity contribution in [3.63, 3.8) is 0 Å². The van der Waals surface area contributed by atoms with E-state index in [0.29, 0.717) is 18.9 Å². The minimum absolute atomic E-state index is 0.147. The van der Waals surface area contributed by atoms with Crippen LogP contribution in [0.15, 0.2) is 0 Å². The zero-order chi connectivity index (χ0) is 12.7. The average Bonchev–Trinajstić information content (AvgIpc) is 2.86. The smallest absolute Gasteiger partial charge is 0.220 e. The molecule has 0 aliphatic carbocycles. The lowest BCUT2D eigenvalue weighted by Gasteiger charge is -2.26. The van der Waals surface area contributed by atoms with Crippen LogP contribution in [-0.2, 0) is 4.79 Å². The number of carbonyl (C=O) groups is 1. The van der Waals surface area contributed by atoms with Crippen molar-refractivity contribution in [3.05, 3.63) is 0 Å². The van der Waals surface area contributed by atoms with Crippen LogP contribution in [0, 0.1) is 5.92 Å². The highest BCUT2D eigenvalue weighted by atomic mass is 16.1. The molecule has 0 aromatic heterocycles. The Labute approximate surface area is 105 Å². The van der Waals surface area contributed by atoms with Crippen LogP contribution in [0.2, 0.25) is 0 Å². The second-order valence-electron chi connectivity index (χ2n) is 5.24. The summed E-state index contributed by atoms with van der Waals surface area (Å²) in [5.74, 6) is 0.828. The fraction of sp³-hybridized carbons (Fsp3) is 0.923. The molecule has 1 heterocycles. The van der Waals surface area contributed by atoms with Gasteiger partial charge in [0, 0.05) is 18.5 Å². The summed E-state index contributed by atoms with van der Waals surface area (Å²) in [5, 5.41) is 6.28. The Kier molecular flexibility index (Phi) is 5.92. The number of amides is 1. The van der Waals surface area contributed by atoms with E-state index in [1.807, 2.05) is 0 Å². The molecule has 1 unspecified atom stereocenters. The van der Waals surface area contributed by atoms with E-state index in [2.05, 4.69) is 24.5 Å². The van der Waals surface area contributed by atoms with Crippen LogP contribution in [0.5, 0.6) is 0 Å². The lowest BCUT2D eigenvalue weighted by atomic mass is 9.94. The second kappa shape index (κ2) is 6.97. The fourth-order valence-corrected chi connectivity index (χ4v) is 2.16. The van der Waals surface area contributed by atoms with E-state index in [1.54, 1.807) is 0 Å². The predicted octanol–water partition coefficient (Wildman–Crippen LogP) is 1.01. The highest BCUT2D eigenvalue weighted by Gasteiger charge is 2.21. The van der Waals surface area contributed by atoms with Crippen LogP contribution in [0.3, 0.4) is 0 Å². The molecule has 1 saturated heterocycles. The maximum absolute atomic E-state index is 11.7. The van der Waals surface area contributed by atoms with Crippen molar-refractivity contribution < 1.29 is 4.79 Å². The van der Waals surface area contributed by atoms with E-state index in [1.165, 1.54) is 6.42 Å². The van der Waals surface area contributed by atoms with E-state index in [9.17, 15) is 4.79 Å². The molecular weight excluding hydrogens is 214 g/mol. The Morgan fingerprint density at radius 3 is 2.71 bits per heavy atom. The zero-order valence-corrected chi connectivity index (χ0v) is 11.2. The normalized spacial score (nSPS) is 20.5. The Hall–Kier alpha value is -0.610. The van der Waals surface area contributed by atoms with Crippen molar-refractivity contribution in [2.75, 3.05) is 19.6 Å². The lowest BCUT2D eigenvalue weighted by Crippen LogP contribution is -2.49. The summed E-state index contributed by atoms with van der Waals surface area (Å²) >= 11 is 0. The van der Waals surface area contributed by atoms with E-state index >= 15 is 0 Å². The number of rotatable bonds is 7. The molecule has 0 aromatic rings. The van der Waals surface area contributed by atoms with Gasteiger partial charge >= 0.3 is 0 Å². The number of nitrogens with two attached hydrogens (primary N) is 1. The highest BCUT2D eigenvalue weighted by Crippen LogP contribution is 2.14. The topological polar surface area (TPSA) is 67.1 Å². The first-order valence-corrected chi connectivity index (χ1v) is 6.86. The molecule has 1 aliphatic rings. The van der Waals surface area contributed by atoms with Crippen molar-refractivity contribution in [2.24, 2.45) is 11.7 Å². The van der Waals surface area contributed by atoms with Crippen LogP contribution >= 0.6 is 0 Å². The van der Waals surface area contributed by atoms with Crippen LogP contribution in [0.1, 0.15) is 46.0 Å². The van der Waals surface area contributed by atoms with E-state index in [-0.39, 0.29) is 11.4 Å². The van der Waals surface area contributed by atoms with Crippen molar-refractivity contribution in [3.8, 4) is 0 Å². The van der Waals surface area contributed by atoms with Crippen molar-refractivity contribution in [1.82, 2.24) is 10.6 Å². The number of carbonyl (C=O) groups excluding carboxylic acids is 1. The minimum Gasteiger partial charge on any atom is -0.354 e. The predicted molar refractivity (Wildman–Crippen MR) is 70.7 cm³/mol. The SMILES string of the molecule is CCC(N)(CC)CNC(=O)CCC1CCNC1. The van der Waals surface area contributed by atoms with Crippen LogP contribution < -0.4 is 16.4 Å². The third kappa shape index (κ3) is 5.04. The van der Waals surface area contributed by atoms with Crippen molar-refractivity contribution >= 4 is 5.91 Å².